The van der Waals surface area contributed by atoms with Crippen LogP contribution < -0.4 is 0 Å². The van der Waals surface area contributed by atoms with Gasteiger partial charge in [-0.05, 0) is 6.92 Å². The molecule has 0 aromatic carbocycles. The van der Waals surface area contributed by atoms with Gasteiger partial charge < -0.3 is 4.74 Å². The van der Waals surface area contributed by atoms with Crippen LogP contribution in [0.1, 0.15) is 6.92 Å². The molecule has 0 rings (SSSR count). The van der Waals surface area contributed by atoms with Gasteiger partial charge in [0.15, 0.2) is 0 Å². The summed E-state index contributed by atoms with van der Waals surface area (Å²) in [5.41, 5.74) is 0. The smallest absolute Gasteiger partial charge is 0.426 e. The Kier molecular flexibility index (Phi) is 6.06. The summed E-state index contributed by atoms with van der Waals surface area (Å²) in [6.45, 7) is 1.62. The van der Waals surface area contributed by atoms with E-state index in [0.717, 1.165) is 6.08 Å². The van der Waals surface area contributed by atoms with E-state index in [1.54, 1.807) is 6.92 Å². The molecule has 0 radical (unpaired) electrons. The number of allylic oxidation sites excluding steroid dienone is 3. The molecule has 0 aromatic rings. The molecule has 0 heterocycles. The fraction of sp³-hybridized carbons (Fsp3) is 0.444. The van der Waals surface area contributed by atoms with E-state index in [-0.39, 0.29) is 0 Å². The van der Waals surface area contributed by atoms with Crippen LogP contribution in [-0.2, 0) is 19.6 Å². The second-order valence-electron chi connectivity index (χ2n) is 3.10. The second-order valence-corrected chi connectivity index (χ2v) is 4.60. The van der Waals surface area contributed by atoms with E-state index in [1.165, 1.54) is 12.2 Å². The Morgan fingerprint density at radius 3 is 2.33 bits per heavy atom. The first-order valence-corrected chi connectivity index (χ1v) is 6.19. The molecule has 0 spiro atoms. The molecule has 0 aliphatic rings. The Morgan fingerprint density at radius 1 is 1.39 bits per heavy atom. The molecule has 0 aliphatic carbocycles. The number of alkyl halides is 3. The lowest BCUT2D eigenvalue weighted by atomic mass is 10.4. The number of hydrogen-bond acceptors (Lipinski definition) is 4. The average Bonchev–Trinajstić information content (AvgIpc) is 2.13. The third-order valence-electron chi connectivity index (χ3n) is 1.52. The van der Waals surface area contributed by atoms with Gasteiger partial charge in [-0.15, -0.1) is 0 Å². The highest BCUT2D eigenvalue weighted by Gasteiger charge is 2.45. The normalized spacial score (nSPS) is 15.2. The first-order valence-electron chi connectivity index (χ1n) is 4.58. The zero-order valence-electron chi connectivity index (χ0n) is 9.22. The average molecular weight is 288 g/mol. The van der Waals surface area contributed by atoms with Crippen LogP contribution >= 0.6 is 0 Å². The van der Waals surface area contributed by atoms with Crippen LogP contribution in [0.15, 0.2) is 24.3 Å². The maximum Gasteiger partial charge on any atom is 0.426 e. The highest BCUT2D eigenvalue weighted by Crippen LogP contribution is 2.24. The largest absolute Gasteiger partial charge is 0.448 e. The Labute approximate surface area is 102 Å². The van der Waals surface area contributed by atoms with Crippen LogP contribution in [0.5, 0.6) is 0 Å². The molecule has 18 heavy (non-hydrogen) atoms. The Hall–Kier alpha value is -1.35. The van der Waals surface area contributed by atoms with Crippen LogP contribution in [0.3, 0.4) is 0 Å². The van der Waals surface area contributed by atoms with Gasteiger partial charge in [0, 0.05) is 6.08 Å². The fourth-order valence-corrected chi connectivity index (χ4v) is 1.45. The maximum atomic E-state index is 12.3. The van der Waals surface area contributed by atoms with Gasteiger partial charge in [-0.2, -0.15) is 21.6 Å². The predicted molar refractivity (Wildman–Crippen MR) is 56.3 cm³/mol. The van der Waals surface area contributed by atoms with Gasteiger partial charge in [0.2, 0.25) is 6.10 Å². The zero-order valence-corrected chi connectivity index (χ0v) is 10.0. The Balaban J connectivity index is 4.77. The van der Waals surface area contributed by atoms with E-state index in [9.17, 15) is 26.4 Å². The van der Waals surface area contributed by atoms with Crippen molar-refractivity contribution in [3.8, 4) is 0 Å². The van der Waals surface area contributed by atoms with Crippen molar-refractivity contribution in [1.29, 1.82) is 0 Å². The van der Waals surface area contributed by atoms with Crippen LogP contribution in [0.4, 0.5) is 13.2 Å². The summed E-state index contributed by atoms with van der Waals surface area (Å²) in [6, 6.07) is 0. The minimum absolute atomic E-state index is 0.697. The molecule has 0 amide bonds. The van der Waals surface area contributed by atoms with Gasteiger partial charge in [0.25, 0.3) is 10.1 Å². The first-order chi connectivity index (χ1) is 8.06. The van der Waals surface area contributed by atoms with Crippen molar-refractivity contribution in [1.82, 2.24) is 0 Å². The van der Waals surface area contributed by atoms with Gasteiger partial charge in [-0.1, -0.05) is 18.2 Å². The van der Waals surface area contributed by atoms with E-state index in [4.69, 9.17) is 4.55 Å². The van der Waals surface area contributed by atoms with Crippen LogP contribution in [0.25, 0.3) is 0 Å². The Morgan fingerprint density at radius 2 is 1.94 bits per heavy atom. The second kappa shape index (κ2) is 6.55. The molecular weight excluding hydrogens is 277 g/mol. The summed E-state index contributed by atoms with van der Waals surface area (Å²) in [5.74, 6) is -3.10. The molecule has 0 saturated heterocycles. The van der Waals surface area contributed by atoms with Gasteiger partial charge in [0.05, 0.1) is 0 Å². The van der Waals surface area contributed by atoms with E-state index in [0.29, 0.717) is 6.08 Å². The highest BCUT2D eigenvalue weighted by atomic mass is 32.2. The predicted octanol–water partition coefficient (Wildman–Crippen LogP) is 1.48. The molecule has 0 aliphatic heterocycles. The Bertz CT molecular complexity index is 436. The molecule has 1 N–H and O–H groups in total. The van der Waals surface area contributed by atoms with Gasteiger partial charge in [-0.25, -0.2) is 4.79 Å². The maximum absolute atomic E-state index is 12.3. The molecule has 5 nitrogen and oxygen atoms in total. The molecule has 0 aromatic heterocycles. The van der Waals surface area contributed by atoms with Gasteiger partial charge in [-0.3, -0.25) is 4.55 Å². The number of hydrogen-bond donors (Lipinski definition) is 1. The molecule has 1 atom stereocenters. The summed E-state index contributed by atoms with van der Waals surface area (Å²) in [6.07, 6.45) is -3.28. The standard InChI is InChI=1S/C9H11F3O5S/c1-2-3-4-5-8(13)17-7(9(10,11)12)6-18(14,15)16/h2-5,7H,6H2,1H3,(H,14,15,16)/b3-2+,5-4+. The number of carbonyl (C=O) groups excluding carboxylic acids is 1. The quantitative estimate of drug-likeness (QED) is 0.359. The minimum Gasteiger partial charge on any atom is -0.448 e. The van der Waals surface area contributed by atoms with Crippen LogP contribution in [0.2, 0.25) is 0 Å². The van der Waals surface area contributed by atoms with Crippen LogP contribution in [0, 0.1) is 0 Å². The van der Waals surface area contributed by atoms with Crippen molar-refractivity contribution in [2.45, 2.75) is 19.2 Å². The molecule has 0 saturated carbocycles. The molecule has 9 heteroatoms. The zero-order chi connectivity index (χ0) is 14.4. The van der Waals surface area contributed by atoms with Crippen molar-refractivity contribution in [2.75, 3.05) is 5.75 Å². The molecule has 104 valence electrons. The SMILES string of the molecule is C/C=C/C=C/C(=O)OC(CS(=O)(=O)O)C(F)(F)F. The van der Waals surface area contributed by atoms with Crippen molar-refractivity contribution >= 4 is 16.1 Å². The molecule has 0 bridgehead atoms. The van der Waals surface area contributed by atoms with Crippen molar-refractivity contribution in [3.05, 3.63) is 24.3 Å². The number of ether oxygens (including phenoxy) is 1. The first kappa shape index (κ1) is 16.6. The minimum atomic E-state index is -5.08. The van der Waals surface area contributed by atoms with E-state index >= 15 is 0 Å². The molecule has 1 unspecified atom stereocenters. The summed E-state index contributed by atoms with van der Waals surface area (Å²) in [4.78, 5) is 10.9. The number of halogens is 3. The lowest BCUT2D eigenvalue weighted by Crippen LogP contribution is -2.39. The van der Waals surface area contributed by atoms with E-state index < -0.39 is 34.1 Å². The lowest BCUT2D eigenvalue weighted by molar-refractivity contribution is -0.212. The summed E-state index contributed by atoms with van der Waals surface area (Å²) < 4.78 is 69.9. The van der Waals surface area contributed by atoms with Gasteiger partial charge in [0.1, 0.15) is 5.75 Å². The van der Waals surface area contributed by atoms with E-state index in [1.807, 2.05) is 0 Å². The van der Waals surface area contributed by atoms with Crippen molar-refractivity contribution in [2.24, 2.45) is 0 Å². The summed E-state index contributed by atoms with van der Waals surface area (Å²) in [5, 5.41) is 0. The van der Waals surface area contributed by atoms with Crippen LogP contribution in [-0.4, -0.2) is 37.0 Å². The lowest BCUT2D eigenvalue weighted by Gasteiger charge is -2.18. The fourth-order valence-electron chi connectivity index (χ4n) is 0.811. The topological polar surface area (TPSA) is 80.7 Å². The molecular formula is C9H11F3O5S. The summed E-state index contributed by atoms with van der Waals surface area (Å²) in [7, 11) is -4.91. The number of rotatable bonds is 5. The summed E-state index contributed by atoms with van der Waals surface area (Å²) >= 11 is 0. The van der Waals surface area contributed by atoms with Crippen molar-refractivity contribution in [3.63, 3.8) is 0 Å². The number of carbonyl (C=O) groups is 1. The third kappa shape index (κ3) is 7.85. The highest BCUT2D eigenvalue weighted by molar-refractivity contribution is 7.85. The van der Waals surface area contributed by atoms with Crippen molar-refractivity contribution < 1.29 is 35.7 Å². The number of esters is 1. The molecule has 0 fully saturated rings. The van der Waals surface area contributed by atoms with E-state index in [2.05, 4.69) is 4.74 Å². The van der Waals surface area contributed by atoms with Gasteiger partial charge >= 0.3 is 12.1 Å². The monoisotopic (exact) mass is 288 g/mol. The third-order valence-corrected chi connectivity index (χ3v) is 2.25.